The molecule has 0 aliphatic carbocycles. The Morgan fingerprint density at radius 1 is 1.42 bits per heavy atom. The van der Waals surface area contributed by atoms with Crippen LogP contribution in [0.15, 0.2) is 24.3 Å². The van der Waals surface area contributed by atoms with Crippen molar-refractivity contribution in [3.05, 3.63) is 35.1 Å². The summed E-state index contributed by atoms with van der Waals surface area (Å²) in [6, 6.07) is 7.97. The zero-order chi connectivity index (χ0) is 8.18. The van der Waals surface area contributed by atoms with E-state index in [0.717, 1.165) is 11.3 Å². The van der Waals surface area contributed by atoms with Crippen LogP contribution in [0.4, 0.5) is 5.69 Å². The van der Waals surface area contributed by atoms with E-state index in [9.17, 15) is 0 Å². The molecule has 0 radical (unpaired) electrons. The summed E-state index contributed by atoms with van der Waals surface area (Å²) >= 11 is 0. The van der Waals surface area contributed by atoms with Crippen molar-refractivity contribution in [2.75, 3.05) is 0 Å². The molecule has 12 heavy (non-hydrogen) atoms. The predicted molar refractivity (Wildman–Crippen MR) is 42.8 cm³/mol. The first-order valence-electron chi connectivity index (χ1n) is 3.95. The molecule has 1 aromatic rings. The largest absolute Gasteiger partial charge is 0.654 e. The van der Waals surface area contributed by atoms with Crippen LogP contribution >= 0.6 is 0 Å². The van der Waals surface area contributed by atoms with Gasteiger partial charge >= 0.3 is 0 Å². The minimum Gasteiger partial charge on any atom is -0.654 e. The van der Waals surface area contributed by atoms with Gasteiger partial charge in [-0.1, -0.05) is 24.3 Å². The lowest BCUT2D eigenvalue weighted by Crippen LogP contribution is -2.47. The van der Waals surface area contributed by atoms with Gasteiger partial charge in [0.2, 0.25) is 0 Å². The summed E-state index contributed by atoms with van der Waals surface area (Å²) in [5.74, 6) is 0. The van der Waals surface area contributed by atoms with Crippen molar-refractivity contribution in [1.29, 1.82) is 0 Å². The fraction of sp³-hybridized carbons (Fsp3) is 0.333. The number of nitrogens with zero attached hydrogens (tertiary/aromatic N) is 1. The highest BCUT2D eigenvalue weighted by Crippen LogP contribution is 2.54. The van der Waals surface area contributed by atoms with Gasteiger partial charge in [0.1, 0.15) is 5.60 Å². The minimum absolute atomic E-state index is 0.130. The molecule has 1 saturated heterocycles. The van der Waals surface area contributed by atoms with E-state index in [1.165, 1.54) is 0 Å². The molecule has 3 rings (SSSR count). The van der Waals surface area contributed by atoms with Gasteiger partial charge in [-0.2, -0.15) is 0 Å². The predicted octanol–water partition coefficient (Wildman–Crippen LogP) is 2.21. The first-order valence-corrected chi connectivity index (χ1v) is 3.95. The van der Waals surface area contributed by atoms with Gasteiger partial charge in [0.05, 0.1) is 6.23 Å². The van der Waals surface area contributed by atoms with Gasteiger partial charge in [-0.25, -0.2) is 9.78 Å². The number of para-hydroxylation sites is 1. The fourth-order valence-corrected chi connectivity index (χ4v) is 1.69. The highest BCUT2D eigenvalue weighted by molar-refractivity contribution is 5.64. The Balaban J connectivity index is 2.19. The van der Waals surface area contributed by atoms with Gasteiger partial charge < -0.3 is 5.32 Å². The number of hydrogen-bond acceptors (Lipinski definition) is 2. The van der Waals surface area contributed by atoms with Crippen molar-refractivity contribution in [1.82, 2.24) is 0 Å². The molecule has 1 fully saturated rings. The van der Waals surface area contributed by atoms with E-state index in [1.54, 1.807) is 0 Å². The molecule has 3 nitrogen and oxygen atoms in total. The van der Waals surface area contributed by atoms with Crippen molar-refractivity contribution in [3.8, 4) is 0 Å². The number of fused-ring (bicyclic) bond motifs is 3. The zero-order valence-electron chi connectivity index (χ0n) is 6.65. The summed E-state index contributed by atoms with van der Waals surface area (Å²) < 4.78 is 0. The van der Waals surface area contributed by atoms with E-state index in [1.807, 2.05) is 31.2 Å². The van der Waals surface area contributed by atoms with Gasteiger partial charge in [0.15, 0.2) is 0 Å². The Kier molecular flexibility index (Phi) is 0.975. The van der Waals surface area contributed by atoms with E-state index >= 15 is 0 Å². The number of rotatable bonds is 0. The number of benzene rings is 1. The average molecular weight is 162 g/mol. The molecular formula is C9H8NO2-. The molecule has 0 spiro atoms. The topological polar surface area (TPSA) is 32.6 Å². The fourth-order valence-electron chi connectivity index (χ4n) is 1.69. The molecule has 0 aromatic heterocycles. The van der Waals surface area contributed by atoms with E-state index in [2.05, 4.69) is 5.32 Å². The third-order valence-corrected chi connectivity index (χ3v) is 2.48. The van der Waals surface area contributed by atoms with E-state index in [0.29, 0.717) is 0 Å². The maximum Gasteiger partial charge on any atom is 0.138 e. The minimum atomic E-state index is -0.323. The Morgan fingerprint density at radius 2 is 2.25 bits per heavy atom. The second-order valence-electron chi connectivity index (χ2n) is 3.29. The van der Waals surface area contributed by atoms with Crippen LogP contribution in [0.3, 0.4) is 0 Å². The maximum absolute atomic E-state index is 5.07. The molecular weight excluding hydrogens is 154 g/mol. The summed E-state index contributed by atoms with van der Waals surface area (Å²) in [6.45, 7) is 2.00. The molecule has 0 amide bonds. The van der Waals surface area contributed by atoms with Crippen LogP contribution in [0, 0.1) is 0 Å². The molecule has 2 aliphatic heterocycles. The summed E-state index contributed by atoms with van der Waals surface area (Å²) in [5.41, 5.74) is 1.79. The van der Waals surface area contributed by atoms with Gasteiger partial charge in [-0.05, 0) is 12.5 Å². The first-order chi connectivity index (χ1) is 5.81. The lowest BCUT2D eigenvalue weighted by atomic mass is 9.96. The molecule has 0 bridgehead atoms. The maximum atomic E-state index is 5.07. The van der Waals surface area contributed by atoms with Crippen molar-refractivity contribution >= 4 is 5.69 Å². The Bertz CT molecular complexity index is 339. The monoisotopic (exact) mass is 162 g/mol. The van der Waals surface area contributed by atoms with Crippen molar-refractivity contribution in [2.45, 2.75) is 18.8 Å². The SMILES string of the molecule is CC12OOC1[N-]c1ccccc12. The lowest BCUT2D eigenvalue weighted by molar-refractivity contribution is -0.499. The van der Waals surface area contributed by atoms with Crippen molar-refractivity contribution in [2.24, 2.45) is 0 Å². The van der Waals surface area contributed by atoms with Crippen LogP contribution in [-0.2, 0) is 15.4 Å². The third kappa shape index (κ3) is 0.552. The third-order valence-electron chi connectivity index (χ3n) is 2.48. The summed E-state index contributed by atoms with van der Waals surface area (Å²) in [4.78, 5) is 9.95. The summed E-state index contributed by atoms with van der Waals surface area (Å²) in [7, 11) is 0. The highest BCUT2D eigenvalue weighted by Gasteiger charge is 2.47. The zero-order valence-corrected chi connectivity index (χ0v) is 6.65. The van der Waals surface area contributed by atoms with Crippen LogP contribution in [0.1, 0.15) is 12.5 Å². The summed E-state index contributed by atoms with van der Waals surface area (Å²) in [6.07, 6.45) is -0.130. The molecule has 2 atom stereocenters. The average Bonchev–Trinajstić information content (AvgIpc) is 2.28. The first kappa shape index (κ1) is 6.46. The normalized spacial score (nSPS) is 36.2. The Labute approximate surface area is 70.2 Å². The Hall–Kier alpha value is -1.06. The van der Waals surface area contributed by atoms with Crippen LogP contribution in [0.2, 0.25) is 0 Å². The van der Waals surface area contributed by atoms with E-state index < -0.39 is 0 Å². The Morgan fingerprint density at radius 3 is 3.00 bits per heavy atom. The molecule has 2 aliphatic rings. The van der Waals surface area contributed by atoms with Crippen LogP contribution in [0.25, 0.3) is 5.32 Å². The van der Waals surface area contributed by atoms with Gasteiger partial charge in [0.25, 0.3) is 0 Å². The second-order valence-corrected chi connectivity index (χ2v) is 3.29. The van der Waals surface area contributed by atoms with Crippen molar-refractivity contribution in [3.63, 3.8) is 0 Å². The quantitative estimate of drug-likeness (QED) is 0.548. The molecule has 62 valence electrons. The molecule has 0 N–H and O–H groups in total. The van der Waals surface area contributed by atoms with E-state index in [4.69, 9.17) is 9.78 Å². The lowest BCUT2D eigenvalue weighted by Gasteiger charge is -2.45. The van der Waals surface area contributed by atoms with Crippen LogP contribution in [0.5, 0.6) is 0 Å². The van der Waals surface area contributed by atoms with Crippen molar-refractivity contribution < 1.29 is 9.78 Å². The smallest absolute Gasteiger partial charge is 0.138 e. The second kappa shape index (κ2) is 1.81. The standard InChI is InChI=1S/C9H8NO2/c1-9-6-4-2-3-5-7(6)10-8(9)11-12-9/h2-5,8H,1H3/q-1. The highest BCUT2D eigenvalue weighted by atomic mass is 17.3. The van der Waals surface area contributed by atoms with Crippen LogP contribution in [-0.4, -0.2) is 6.23 Å². The van der Waals surface area contributed by atoms with Crippen LogP contribution < -0.4 is 0 Å². The molecule has 0 saturated carbocycles. The van der Waals surface area contributed by atoms with Gasteiger partial charge in [-0.3, -0.25) is 0 Å². The van der Waals surface area contributed by atoms with Gasteiger partial charge in [-0.15, -0.1) is 5.69 Å². The molecule has 2 heterocycles. The molecule has 2 unspecified atom stereocenters. The number of hydrogen-bond donors (Lipinski definition) is 0. The molecule has 1 aromatic carbocycles. The van der Waals surface area contributed by atoms with Gasteiger partial charge in [0, 0.05) is 0 Å². The molecule has 3 heteroatoms. The summed E-state index contributed by atoms with van der Waals surface area (Å²) in [5, 5.41) is 4.34. The van der Waals surface area contributed by atoms with E-state index in [-0.39, 0.29) is 11.8 Å².